The van der Waals surface area contributed by atoms with Crippen LogP contribution in [0.3, 0.4) is 0 Å². The maximum absolute atomic E-state index is 4.03. The third-order valence-electron chi connectivity index (χ3n) is 3.85. The molecule has 74 valence electrons. The third-order valence-corrected chi connectivity index (χ3v) is 3.85. The average Bonchev–Trinajstić information content (AvgIpc) is 2.74. The van der Waals surface area contributed by atoms with Gasteiger partial charge in [-0.3, -0.25) is 0 Å². The molecule has 2 bridgehead atoms. The van der Waals surface area contributed by atoms with E-state index in [1.165, 1.54) is 31.3 Å². The van der Waals surface area contributed by atoms with Crippen molar-refractivity contribution < 1.29 is 0 Å². The van der Waals surface area contributed by atoms with E-state index in [1.54, 1.807) is 0 Å². The van der Waals surface area contributed by atoms with E-state index in [9.17, 15) is 0 Å². The van der Waals surface area contributed by atoms with Crippen molar-refractivity contribution in [1.82, 2.24) is 5.32 Å². The van der Waals surface area contributed by atoms with Gasteiger partial charge in [0.1, 0.15) is 0 Å². The summed E-state index contributed by atoms with van der Waals surface area (Å²) in [6.45, 7) is 7.27. The molecule has 2 aliphatic rings. The van der Waals surface area contributed by atoms with Gasteiger partial charge in [-0.05, 0) is 37.5 Å². The first-order valence-electron chi connectivity index (χ1n) is 5.69. The SMILES string of the molecule is C=C(CC)CNC1CC2CCC1C2. The lowest BCUT2D eigenvalue weighted by Gasteiger charge is -2.23. The lowest BCUT2D eigenvalue weighted by molar-refractivity contribution is 0.360. The second-order valence-electron chi connectivity index (χ2n) is 4.77. The predicted octanol–water partition coefficient (Wildman–Crippen LogP) is 2.73. The fourth-order valence-electron chi connectivity index (χ4n) is 2.90. The van der Waals surface area contributed by atoms with Crippen molar-refractivity contribution in [2.45, 2.75) is 45.1 Å². The Balaban J connectivity index is 1.74. The van der Waals surface area contributed by atoms with Crippen LogP contribution >= 0.6 is 0 Å². The van der Waals surface area contributed by atoms with Crippen LogP contribution in [0.4, 0.5) is 0 Å². The molecule has 0 aromatic carbocycles. The van der Waals surface area contributed by atoms with Gasteiger partial charge in [0.15, 0.2) is 0 Å². The van der Waals surface area contributed by atoms with Crippen LogP contribution < -0.4 is 5.32 Å². The molecule has 0 spiro atoms. The van der Waals surface area contributed by atoms with Crippen LogP contribution in [-0.2, 0) is 0 Å². The Hall–Kier alpha value is -0.300. The molecule has 0 aromatic heterocycles. The smallest absolute Gasteiger partial charge is 0.0164 e. The first kappa shape index (κ1) is 9.26. The van der Waals surface area contributed by atoms with Gasteiger partial charge >= 0.3 is 0 Å². The summed E-state index contributed by atoms with van der Waals surface area (Å²) in [5, 5.41) is 3.66. The summed E-state index contributed by atoms with van der Waals surface area (Å²) in [6.07, 6.45) is 7.02. The Morgan fingerprint density at radius 1 is 1.38 bits per heavy atom. The Morgan fingerprint density at radius 3 is 2.77 bits per heavy atom. The molecule has 13 heavy (non-hydrogen) atoms. The van der Waals surface area contributed by atoms with E-state index in [0.717, 1.165) is 30.8 Å². The highest BCUT2D eigenvalue weighted by atomic mass is 14.9. The van der Waals surface area contributed by atoms with Crippen molar-refractivity contribution in [2.75, 3.05) is 6.54 Å². The maximum atomic E-state index is 4.03. The molecule has 0 saturated heterocycles. The number of nitrogens with one attached hydrogen (secondary N) is 1. The Labute approximate surface area is 81.6 Å². The summed E-state index contributed by atoms with van der Waals surface area (Å²) in [4.78, 5) is 0. The highest BCUT2D eigenvalue weighted by Gasteiger charge is 2.38. The van der Waals surface area contributed by atoms with Crippen LogP contribution in [0, 0.1) is 11.8 Å². The largest absolute Gasteiger partial charge is 0.310 e. The van der Waals surface area contributed by atoms with Gasteiger partial charge < -0.3 is 5.32 Å². The van der Waals surface area contributed by atoms with Gasteiger partial charge in [-0.1, -0.05) is 25.5 Å². The molecule has 3 unspecified atom stereocenters. The first-order valence-corrected chi connectivity index (χ1v) is 5.69. The van der Waals surface area contributed by atoms with Crippen molar-refractivity contribution in [3.8, 4) is 0 Å². The van der Waals surface area contributed by atoms with E-state index in [0.29, 0.717) is 0 Å². The third kappa shape index (κ3) is 1.96. The van der Waals surface area contributed by atoms with Crippen LogP contribution in [0.1, 0.15) is 39.0 Å². The molecule has 0 aliphatic heterocycles. The zero-order valence-corrected chi connectivity index (χ0v) is 8.68. The molecule has 0 radical (unpaired) electrons. The zero-order chi connectivity index (χ0) is 9.26. The molecule has 1 nitrogen and oxygen atoms in total. The molecular formula is C12H21N. The number of hydrogen-bond donors (Lipinski definition) is 1. The standard InChI is InChI=1S/C12H21N/c1-3-9(2)8-13-12-7-10-4-5-11(12)6-10/h10-13H,2-8H2,1H3. The molecule has 2 fully saturated rings. The molecule has 0 amide bonds. The lowest BCUT2D eigenvalue weighted by atomic mass is 9.95. The van der Waals surface area contributed by atoms with Crippen molar-refractivity contribution >= 4 is 0 Å². The Bertz CT molecular complexity index is 197. The van der Waals surface area contributed by atoms with Gasteiger partial charge in [0.2, 0.25) is 0 Å². The van der Waals surface area contributed by atoms with Crippen molar-refractivity contribution in [3.63, 3.8) is 0 Å². The number of fused-ring (bicyclic) bond motifs is 2. The Morgan fingerprint density at radius 2 is 2.23 bits per heavy atom. The van der Waals surface area contributed by atoms with E-state index in [1.807, 2.05) is 0 Å². The summed E-state index contributed by atoms with van der Waals surface area (Å²) in [5.74, 6) is 2.05. The van der Waals surface area contributed by atoms with E-state index in [4.69, 9.17) is 0 Å². The van der Waals surface area contributed by atoms with Gasteiger partial charge in [-0.15, -0.1) is 0 Å². The second kappa shape index (κ2) is 3.83. The molecular weight excluding hydrogens is 158 g/mol. The summed E-state index contributed by atoms with van der Waals surface area (Å²) >= 11 is 0. The number of hydrogen-bond acceptors (Lipinski definition) is 1. The first-order chi connectivity index (χ1) is 6.29. The van der Waals surface area contributed by atoms with Gasteiger partial charge in [-0.2, -0.15) is 0 Å². The highest BCUT2D eigenvalue weighted by molar-refractivity contribution is 5.00. The van der Waals surface area contributed by atoms with Gasteiger partial charge in [-0.25, -0.2) is 0 Å². The predicted molar refractivity (Wildman–Crippen MR) is 56.7 cm³/mol. The molecule has 1 N–H and O–H groups in total. The molecule has 0 aromatic rings. The van der Waals surface area contributed by atoms with E-state index in [2.05, 4.69) is 18.8 Å². The summed E-state index contributed by atoms with van der Waals surface area (Å²) in [6, 6.07) is 0.821. The molecule has 3 atom stereocenters. The van der Waals surface area contributed by atoms with Gasteiger partial charge in [0.25, 0.3) is 0 Å². The maximum Gasteiger partial charge on any atom is 0.0164 e. The topological polar surface area (TPSA) is 12.0 Å². The lowest BCUT2D eigenvalue weighted by Crippen LogP contribution is -2.34. The minimum atomic E-state index is 0.821. The quantitative estimate of drug-likeness (QED) is 0.654. The monoisotopic (exact) mass is 179 g/mol. The molecule has 0 heterocycles. The normalized spacial score (nSPS) is 36.8. The van der Waals surface area contributed by atoms with Gasteiger partial charge in [0, 0.05) is 12.6 Å². The van der Waals surface area contributed by atoms with E-state index < -0.39 is 0 Å². The molecule has 1 heteroatoms. The van der Waals surface area contributed by atoms with Crippen LogP contribution in [0.25, 0.3) is 0 Å². The van der Waals surface area contributed by atoms with Crippen molar-refractivity contribution in [3.05, 3.63) is 12.2 Å². The van der Waals surface area contributed by atoms with Crippen LogP contribution in [-0.4, -0.2) is 12.6 Å². The second-order valence-corrected chi connectivity index (χ2v) is 4.77. The minimum absolute atomic E-state index is 0.821. The van der Waals surface area contributed by atoms with Crippen LogP contribution in [0.5, 0.6) is 0 Å². The zero-order valence-electron chi connectivity index (χ0n) is 8.68. The van der Waals surface area contributed by atoms with Crippen molar-refractivity contribution in [1.29, 1.82) is 0 Å². The Kier molecular flexibility index (Phi) is 2.73. The fourth-order valence-corrected chi connectivity index (χ4v) is 2.90. The average molecular weight is 179 g/mol. The summed E-state index contributed by atoms with van der Waals surface area (Å²) < 4.78 is 0. The molecule has 2 saturated carbocycles. The number of rotatable bonds is 4. The van der Waals surface area contributed by atoms with Crippen LogP contribution in [0.2, 0.25) is 0 Å². The molecule has 2 aliphatic carbocycles. The minimum Gasteiger partial charge on any atom is -0.310 e. The van der Waals surface area contributed by atoms with Crippen molar-refractivity contribution in [2.24, 2.45) is 11.8 Å². The van der Waals surface area contributed by atoms with Crippen LogP contribution in [0.15, 0.2) is 12.2 Å². The summed E-state index contributed by atoms with van der Waals surface area (Å²) in [7, 11) is 0. The van der Waals surface area contributed by atoms with Gasteiger partial charge in [0.05, 0.1) is 0 Å². The van der Waals surface area contributed by atoms with E-state index in [-0.39, 0.29) is 0 Å². The fraction of sp³-hybridized carbons (Fsp3) is 0.833. The molecule has 2 rings (SSSR count). The summed E-state index contributed by atoms with van der Waals surface area (Å²) in [5.41, 5.74) is 1.35. The van der Waals surface area contributed by atoms with E-state index >= 15 is 0 Å². The highest BCUT2D eigenvalue weighted by Crippen LogP contribution is 2.44.